The monoisotopic (exact) mass is 357 g/mol. The van der Waals surface area contributed by atoms with Gasteiger partial charge in [0.1, 0.15) is 6.04 Å². The van der Waals surface area contributed by atoms with Crippen LogP contribution in [-0.4, -0.2) is 30.3 Å². The maximum Gasteiger partial charge on any atom is 0.320 e. The topological polar surface area (TPSA) is 67.8 Å². The van der Waals surface area contributed by atoms with Gasteiger partial charge in [0.2, 0.25) is 0 Å². The maximum atomic E-state index is 11.2. The summed E-state index contributed by atoms with van der Waals surface area (Å²) >= 11 is 3.48. The van der Waals surface area contributed by atoms with Crippen molar-refractivity contribution in [2.75, 3.05) is 13.2 Å². The van der Waals surface area contributed by atoms with Gasteiger partial charge in [-0.05, 0) is 39.5 Å². The third-order valence-electron chi connectivity index (χ3n) is 3.32. The lowest BCUT2D eigenvalue weighted by atomic mass is 10.0. The minimum absolute atomic E-state index is 0.0198. The summed E-state index contributed by atoms with van der Waals surface area (Å²) in [4.78, 5) is 11.2. The molecule has 2 N–H and O–H groups in total. The van der Waals surface area contributed by atoms with Crippen molar-refractivity contribution in [3.63, 3.8) is 0 Å². The first-order chi connectivity index (χ1) is 9.99. The second-order valence-corrected chi connectivity index (χ2v) is 6.25. The zero-order valence-corrected chi connectivity index (χ0v) is 13.8. The fourth-order valence-corrected chi connectivity index (χ4v) is 2.83. The first-order valence-corrected chi connectivity index (χ1v) is 7.82. The van der Waals surface area contributed by atoms with E-state index in [2.05, 4.69) is 21.2 Å². The average Bonchev–Trinajstić information content (AvgIpc) is 2.63. The van der Waals surface area contributed by atoms with Gasteiger partial charge in [0, 0.05) is 13.0 Å². The molecule has 1 atom stereocenters. The fraction of sp³-hybridized carbons (Fsp3) is 0.533. The van der Waals surface area contributed by atoms with Gasteiger partial charge in [-0.2, -0.15) is 0 Å². The van der Waals surface area contributed by atoms with Crippen molar-refractivity contribution in [1.82, 2.24) is 5.32 Å². The van der Waals surface area contributed by atoms with E-state index < -0.39 is 12.0 Å². The number of hydrogen-bond acceptors (Lipinski definition) is 4. The Labute approximate surface area is 132 Å². The van der Waals surface area contributed by atoms with Crippen LogP contribution in [0.25, 0.3) is 0 Å². The number of rotatable bonds is 5. The van der Waals surface area contributed by atoms with E-state index in [0.717, 1.165) is 22.2 Å². The van der Waals surface area contributed by atoms with Crippen LogP contribution in [-0.2, 0) is 11.3 Å². The SMILES string of the molecule is CC(C)[C@@H](NCc1cc(Br)c2c(c1)OCCCO2)C(=O)O. The van der Waals surface area contributed by atoms with E-state index >= 15 is 0 Å². The van der Waals surface area contributed by atoms with Crippen LogP contribution in [0.1, 0.15) is 25.8 Å². The Hall–Kier alpha value is -1.27. The van der Waals surface area contributed by atoms with Crippen molar-refractivity contribution in [3.05, 3.63) is 22.2 Å². The molecule has 1 aliphatic rings. The Kier molecular flexibility index (Phi) is 5.47. The summed E-state index contributed by atoms with van der Waals surface area (Å²) in [7, 11) is 0. The maximum absolute atomic E-state index is 11.2. The van der Waals surface area contributed by atoms with Gasteiger partial charge >= 0.3 is 5.97 Å². The quantitative estimate of drug-likeness (QED) is 0.847. The third kappa shape index (κ3) is 4.11. The second-order valence-electron chi connectivity index (χ2n) is 5.40. The summed E-state index contributed by atoms with van der Waals surface area (Å²) in [6, 6.07) is 3.26. The van der Waals surface area contributed by atoms with Crippen molar-refractivity contribution in [1.29, 1.82) is 0 Å². The smallest absolute Gasteiger partial charge is 0.320 e. The van der Waals surface area contributed by atoms with Crippen molar-refractivity contribution < 1.29 is 19.4 Å². The fourth-order valence-electron chi connectivity index (χ4n) is 2.22. The van der Waals surface area contributed by atoms with Crippen LogP contribution in [0.2, 0.25) is 0 Å². The van der Waals surface area contributed by atoms with Gasteiger partial charge in [0.15, 0.2) is 11.5 Å². The average molecular weight is 358 g/mol. The number of carboxylic acid groups (broad SMARTS) is 1. The molecule has 6 heteroatoms. The van der Waals surface area contributed by atoms with E-state index in [1.807, 2.05) is 26.0 Å². The number of nitrogens with one attached hydrogen (secondary N) is 1. The molecule has 0 radical (unpaired) electrons. The Bertz CT molecular complexity index is 519. The number of halogens is 1. The van der Waals surface area contributed by atoms with E-state index in [4.69, 9.17) is 9.47 Å². The lowest BCUT2D eigenvalue weighted by Gasteiger charge is -2.18. The van der Waals surface area contributed by atoms with E-state index in [9.17, 15) is 9.90 Å². The predicted octanol–water partition coefficient (Wildman–Crippen LogP) is 2.81. The van der Waals surface area contributed by atoms with Gasteiger partial charge < -0.3 is 19.9 Å². The molecule has 0 amide bonds. The summed E-state index contributed by atoms with van der Waals surface area (Å²) in [6.07, 6.45) is 0.850. The molecule has 116 valence electrons. The molecule has 5 nitrogen and oxygen atoms in total. The van der Waals surface area contributed by atoms with Crippen LogP contribution in [0.3, 0.4) is 0 Å². The van der Waals surface area contributed by atoms with Crippen LogP contribution in [0, 0.1) is 5.92 Å². The van der Waals surface area contributed by atoms with Crippen LogP contribution >= 0.6 is 15.9 Å². The lowest BCUT2D eigenvalue weighted by Crippen LogP contribution is -2.40. The Morgan fingerprint density at radius 2 is 2.10 bits per heavy atom. The largest absolute Gasteiger partial charge is 0.490 e. The van der Waals surface area contributed by atoms with Gasteiger partial charge in [-0.1, -0.05) is 13.8 Å². The summed E-state index contributed by atoms with van der Waals surface area (Å²) < 4.78 is 12.2. The summed E-state index contributed by atoms with van der Waals surface area (Å²) in [6.45, 7) is 5.49. The van der Waals surface area contributed by atoms with Crippen LogP contribution in [0.5, 0.6) is 11.5 Å². The summed E-state index contributed by atoms with van der Waals surface area (Å²) in [5, 5.41) is 12.3. The highest BCUT2D eigenvalue weighted by atomic mass is 79.9. The van der Waals surface area contributed by atoms with Crippen molar-refractivity contribution >= 4 is 21.9 Å². The molecule has 1 aromatic rings. The number of carbonyl (C=O) groups is 1. The van der Waals surface area contributed by atoms with E-state index in [1.165, 1.54) is 0 Å². The molecule has 0 fully saturated rings. The molecule has 0 spiro atoms. The van der Waals surface area contributed by atoms with Gasteiger partial charge in [0.25, 0.3) is 0 Å². The van der Waals surface area contributed by atoms with Gasteiger partial charge in [0.05, 0.1) is 17.7 Å². The summed E-state index contributed by atoms with van der Waals surface area (Å²) in [5.41, 5.74) is 0.957. The third-order valence-corrected chi connectivity index (χ3v) is 3.91. The number of aliphatic carboxylic acids is 1. The van der Waals surface area contributed by atoms with Gasteiger partial charge in [-0.15, -0.1) is 0 Å². The Balaban J connectivity index is 2.12. The van der Waals surface area contributed by atoms with Crippen LogP contribution in [0.15, 0.2) is 16.6 Å². The molecule has 0 bridgehead atoms. The molecular weight excluding hydrogens is 338 g/mol. The first-order valence-electron chi connectivity index (χ1n) is 7.03. The molecule has 0 saturated carbocycles. The molecule has 0 aromatic heterocycles. The highest BCUT2D eigenvalue weighted by Gasteiger charge is 2.21. The molecule has 1 aliphatic heterocycles. The van der Waals surface area contributed by atoms with Crippen molar-refractivity contribution in [2.24, 2.45) is 5.92 Å². The molecule has 0 saturated heterocycles. The first kappa shape index (κ1) is 16.1. The molecule has 1 heterocycles. The minimum atomic E-state index is -0.835. The van der Waals surface area contributed by atoms with Crippen LogP contribution < -0.4 is 14.8 Å². The van der Waals surface area contributed by atoms with Gasteiger partial charge in [-0.3, -0.25) is 4.79 Å². The number of fused-ring (bicyclic) bond motifs is 1. The molecule has 0 unspecified atom stereocenters. The molecule has 0 aliphatic carbocycles. The molecule has 2 rings (SSSR count). The van der Waals surface area contributed by atoms with Crippen LogP contribution in [0.4, 0.5) is 0 Å². The van der Waals surface area contributed by atoms with Crippen molar-refractivity contribution in [3.8, 4) is 11.5 Å². The zero-order chi connectivity index (χ0) is 15.4. The Morgan fingerprint density at radius 1 is 1.38 bits per heavy atom. The lowest BCUT2D eigenvalue weighted by molar-refractivity contribution is -0.140. The number of benzene rings is 1. The van der Waals surface area contributed by atoms with E-state index in [0.29, 0.717) is 25.5 Å². The van der Waals surface area contributed by atoms with Crippen molar-refractivity contribution in [2.45, 2.75) is 32.9 Å². The second kappa shape index (κ2) is 7.13. The van der Waals surface area contributed by atoms with Gasteiger partial charge in [-0.25, -0.2) is 0 Å². The standard InChI is InChI=1S/C15H20BrNO4/c1-9(2)13(15(18)19)17-8-10-6-11(16)14-12(7-10)20-4-3-5-21-14/h6-7,9,13,17H,3-5,8H2,1-2H3,(H,18,19)/t13-/m1/s1. The number of hydrogen-bond donors (Lipinski definition) is 2. The molecule has 1 aromatic carbocycles. The normalized spacial score (nSPS) is 15.6. The van der Waals surface area contributed by atoms with E-state index in [1.54, 1.807) is 0 Å². The van der Waals surface area contributed by atoms with E-state index in [-0.39, 0.29) is 5.92 Å². The summed E-state index contributed by atoms with van der Waals surface area (Å²) in [5.74, 6) is 0.606. The molecule has 21 heavy (non-hydrogen) atoms. The number of carboxylic acids is 1. The highest BCUT2D eigenvalue weighted by Crippen LogP contribution is 2.38. The Morgan fingerprint density at radius 3 is 2.76 bits per heavy atom. The molecular formula is C15H20BrNO4. The zero-order valence-electron chi connectivity index (χ0n) is 12.2. The minimum Gasteiger partial charge on any atom is -0.490 e. The highest BCUT2D eigenvalue weighted by molar-refractivity contribution is 9.10. The predicted molar refractivity (Wildman–Crippen MR) is 82.9 cm³/mol. The number of ether oxygens (including phenoxy) is 2.